The van der Waals surface area contributed by atoms with Crippen molar-refractivity contribution in [2.24, 2.45) is 11.7 Å². The van der Waals surface area contributed by atoms with Gasteiger partial charge in [-0.1, -0.05) is 58.8 Å². The van der Waals surface area contributed by atoms with Crippen LogP contribution in [0.15, 0.2) is 0 Å². The van der Waals surface area contributed by atoms with Crippen molar-refractivity contribution in [3.05, 3.63) is 0 Å². The Balaban J connectivity index is 3.41. The number of rotatable bonds is 11. The predicted molar refractivity (Wildman–Crippen MR) is 72.8 cm³/mol. The van der Waals surface area contributed by atoms with Crippen LogP contribution in [0.5, 0.6) is 0 Å². The fourth-order valence-corrected chi connectivity index (χ4v) is 2.12. The van der Waals surface area contributed by atoms with Crippen molar-refractivity contribution in [2.75, 3.05) is 6.61 Å². The molecule has 104 valence electrons. The summed E-state index contributed by atoms with van der Waals surface area (Å²) in [6, 6.07) is -0.491. The van der Waals surface area contributed by atoms with Crippen molar-refractivity contribution in [1.82, 2.24) is 0 Å². The molecule has 3 nitrogen and oxygen atoms in total. The number of hydrogen-bond donors (Lipinski definition) is 3. The minimum atomic E-state index is -0.569. The molecule has 17 heavy (non-hydrogen) atoms. The van der Waals surface area contributed by atoms with Crippen LogP contribution in [0.1, 0.15) is 65.2 Å². The van der Waals surface area contributed by atoms with E-state index in [1.54, 1.807) is 0 Å². The van der Waals surface area contributed by atoms with Crippen LogP contribution >= 0.6 is 0 Å². The van der Waals surface area contributed by atoms with Crippen LogP contribution in [0.4, 0.5) is 0 Å². The van der Waals surface area contributed by atoms with Gasteiger partial charge < -0.3 is 15.9 Å². The summed E-state index contributed by atoms with van der Waals surface area (Å²) in [5.41, 5.74) is 5.60. The second-order valence-corrected chi connectivity index (χ2v) is 5.22. The number of aliphatic hydroxyl groups excluding tert-OH is 2. The Morgan fingerprint density at radius 2 is 1.53 bits per heavy atom. The van der Waals surface area contributed by atoms with Crippen molar-refractivity contribution < 1.29 is 10.2 Å². The Labute approximate surface area is 106 Å². The van der Waals surface area contributed by atoms with Crippen LogP contribution in [0, 0.1) is 5.92 Å². The van der Waals surface area contributed by atoms with E-state index in [-0.39, 0.29) is 12.5 Å². The molecular formula is C14H31NO2. The Morgan fingerprint density at radius 1 is 1.00 bits per heavy atom. The van der Waals surface area contributed by atoms with Crippen molar-refractivity contribution in [3.63, 3.8) is 0 Å². The maximum atomic E-state index is 9.77. The maximum Gasteiger partial charge on any atom is 0.0738 e. The van der Waals surface area contributed by atoms with Gasteiger partial charge in [0.2, 0.25) is 0 Å². The summed E-state index contributed by atoms with van der Waals surface area (Å²) >= 11 is 0. The first-order chi connectivity index (χ1) is 8.13. The molecule has 0 radical (unpaired) electrons. The molecule has 3 unspecified atom stereocenters. The summed E-state index contributed by atoms with van der Waals surface area (Å²) in [5, 5.41) is 18.6. The standard InChI is InChI=1S/C14H31NO2/c1-3-4-5-6-7-8-9-10-12(2)14(17)13(15)11-16/h12-14,16-17H,3-11,15H2,1-2H3. The van der Waals surface area contributed by atoms with Gasteiger partial charge in [-0.05, 0) is 12.3 Å². The molecule has 0 saturated heterocycles. The smallest absolute Gasteiger partial charge is 0.0738 e. The number of nitrogens with two attached hydrogens (primary N) is 1. The van der Waals surface area contributed by atoms with Gasteiger partial charge in [-0.2, -0.15) is 0 Å². The minimum Gasteiger partial charge on any atom is -0.395 e. The molecule has 0 rings (SSSR count). The highest BCUT2D eigenvalue weighted by atomic mass is 16.3. The molecule has 0 aliphatic carbocycles. The highest BCUT2D eigenvalue weighted by Gasteiger charge is 2.20. The SMILES string of the molecule is CCCCCCCCCC(C)C(O)C(N)CO. The molecule has 0 amide bonds. The largest absolute Gasteiger partial charge is 0.395 e. The second kappa shape index (κ2) is 11.0. The van der Waals surface area contributed by atoms with Gasteiger partial charge in [0, 0.05) is 0 Å². The third-order valence-electron chi connectivity index (χ3n) is 3.50. The summed E-state index contributed by atoms with van der Waals surface area (Å²) in [6.45, 7) is 4.10. The van der Waals surface area contributed by atoms with E-state index >= 15 is 0 Å². The van der Waals surface area contributed by atoms with Gasteiger partial charge in [0.15, 0.2) is 0 Å². The molecule has 0 aromatic rings. The summed E-state index contributed by atoms with van der Waals surface area (Å²) in [7, 11) is 0. The van der Waals surface area contributed by atoms with Gasteiger partial charge in [0.1, 0.15) is 0 Å². The number of hydrogen-bond acceptors (Lipinski definition) is 3. The Bertz CT molecular complexity index is 164. The van der Waals surface area contributed by atoms with Gasteiger partial charge in [0.05, 0.1) is 18.8 Å². The lowest BCUT2D eigenvalue weighted by atomic mass is 9.93. The van der Waals surface area contributed by atoms with Crippen molar-refractivity contribution in [1.29, 1.82) is 0 Å². The van der Waals surface area contributed by atoms with Gasteiger partial charge in [-0.15, -0.1) is 0 Å². The topological polar surface area (TPSA) is 66.5 Å². The zero-order valence-corrected chi connectivity index (χ0v) is 11.6. The third kappa shape index (κ3) is 8.58. The molecule has 4 N–H and O–H groups in total. The monoisotopic (exact) mass is 245 g/mol. The first-order valence-corrected chi connectivity index (χ1v) is 7.18. The molecule has 3 heteroatoms. The highest BCUT2D eigenvalue weighted by Crippen LogP contribution is 2.16. The van der Waals surface area contributed by atoms with Gasteiger partial charge in [-0.3, -0.25) is 0 Å². The zero-order chi connectivity index (χ0) is 13.1. The summed E-state index contributed by atoms with van der Waals surface area (Å²) in [6.07, 6.45) is 9.46. The molecule has 0 spiro atoms. The molecule has 0 aliphatic heterocycles. The van der Waals surface area contributed by atoms with E-state index in [0.29, 0.717) is 0 Å². The fraction of sp³-hybridized carbons (Fsp3) is 1.00. The lowest BCUT2D eigenvalue weighted by Crippen LogP contribution is -2.41. The molecule has 0 saturated carbocycles. The van der Waals surface area contributed by atoms with Gasteiger partial charge >= 0.3 is 0 Å². The van der Waals surface area contributed by atoms with Gasteiger partial charge in [0.25, 0.3) is 0 Å². The first kappa shape index (κ1) is 16.9. The van der Waals surface area contributed by atoms with Crippen molar-refractivity contribution >= 4 is 0 Å². The maximum absolute atomic E-state index is 9.77. The normalized spacial score (nSPS) is 16.8. The Kier molecular flexibility index (Phi) is 10.9. The summed E-state index contributed by atoms with van der Waals surface area (Å²) in [5.74, 6) is 0.188. The molecule has 0 aromatic carbocycles. The molecule has 0 fully saturated rings. The lowest BCUT2D eigenvalue weighted by Gasteiger charge is -2.23. The van der Waals surface area contributed by atoms with E-state index in [2.05, 4.69) is 6.92 Å². The highest BCUT2D eigenvalue weighted by molar-refractivity contribution is 4.75. The molecule has 3 atom stereocenters. The van der Waals surface area contributed by atoms with E-state index in [4.69, 9.17) is 10.8 Å². The zero-order valence-electron chi connectivity index (χ0n) is 11.6. The summed E-state index contributed by atoms with van der Waals surface area (Å²) in [4.78, 5) is 0. The molecule has 0 aromatic heterocycles. The van der Waals surface area contributed by atoms with Crippen LogP contribution < -0.4 is 5.73 Å². The van der Waals surface area contributed by atoms with Crippen LogP contribution in [0.2, 0.25) is 0 Å². The minimum absolute atomic E-state index is 0.136. The first-order valence-electron chi connectivity index (χ1n) is 7.18. The molecule has 0 bridgehead atoms. The van der Waals surface area contributed by atoms with Crippen LogP contribution in [0.25, 0.3) is 0 Å². The number of aliphatic hydroxyl groups is 2. The van der Waals surface area contributed by atoms with E-state index < -0.39 is 12.1 Å². The summed E-state index contributed by atoms with van der Waals surface area (Å²) < 4.78 is 0. The fourth-order valence-electron chi connectivity index (χ4n) is 2.12. The third-order valence-corrected chi connectivity index (χ3v) is 3.50. The van der Waals surface area contributed by atoms with Gasteiger partial charge in [-0.25, -0.2) is 0 Å². The van der Waals surface area contributed by atoms with Crippen LogP contribution in [0.3, 0.4) is 0 Å². The predicted octanol–water partition coefficient (Wildman–Crippen LogP) is 2.44. The van der Waals surface area contributed by atoms with E-state index in [9.17, 15) is 5.11 Å². The Hall–Kier alpha value is -0.120. The van der Waals surface area contributed by atoms with E-state index in [0.717, 1.165) is 12.8 Å². The van der Waals surface area contributed by atoms with E-state index in [1.807, 2.05) is 6.92 Å². The number of unbranched alkanes of at least 4 members (excludes halogenated alkanes) is 6. The Morgan fingerprint density at radius 3 is 2.06 bits per heavy atom. The quantitative estimate of drug-likeness (QED) is 0.490. The molecule has 0 heterocycles. The van der Waals surface area contributed by atoms with Crippen molar-refractivity contribution in [3.8, 4) is 0 Å². The molecule has 0 aliphatic rings. The van der Waals surface area contributed by atoms with Crippen molar-refractivity contribution in [2.45, 2.75) is 77.4 Å². The second-order valence-electron chi connectivity index (χ2n) is 5.22. The van der Waals surface area contributed by atoms with Crippen LogP contribution in [-0.4, -0.2) is 29.0 Å². The average molecular weight is 245 g/mol. The lowest BCUT2D eigenvalue weighted by molar-refractivity contribution is 0.0609. The van der Waals surface area contributed by atoms with Crippen LogP contribution in [-0.2, 0) is 0 Å². The average Bonchev–Trinajstić information content (AvgIpc) is 2.35. The molecular weight excluding hydrogens is 214 g/mol. The van der Waals surface area contributed by atoms with E-state index in [1.165, 1.54) is 38.5 Å².